The van der Waals surface area contributed by atoms with Crippen LogP contribution in [0.2, 0.25) is 0 Å². The summed E-state index contributed by atoms with van der Waals surface area (Å²) >= 11 is 0. The molecule has 1 aliphatic heterocycles. The van der Waals surface area contributed by atoms with Crippen molar-refractivity contribution in [2.24, 2.45) is 5.92 Å². The van der Waals surface area contributed by atoms with E-state index in [1.165, 1.54) is 25.9 Å². The molecule has 2 heteroatoms. The summed E-state index contributed by atoms with van der Waals surface area (Å²) in [5.74, 6) is 1.02. The Kier molecular flexibility index (Phi) is 2.37. The fourth-order valence-electron chi connectivity index (χ4n) is 2.15. The molecule has 0 aromatic rings. The number of piperazine rings is 1. The molecule has 1 heterocycles. The highest BCUT2D eigenvalue weighted by atomic mass is 15.2. The third-order valence-corrected chi connectivity index (χ3v) is 3.29. The largest absolute Gasteiger partial charge is 0.309 e. The zero-order valence-corrected chi connectivity index (χ0v) is 9.14. The smallest absolute Gasteiger partial charge is 0.0252 e. The zero-order chi connectivity index (χ0) is 9.47. The lowest BCUT2D eigenvalue weighted by Crippen LogP contribution is -2.60. The Labute approximate surface area is 81.7 Å². The highest BCUT2D eigenvalue weighted by molar-refractivity contribution is 4.92. The lowest BCUT2D eigenvalue weighted by molar-refractivity contribution is 0.1000. The van der Waals surface area contributed by atoms with Gasteiger partial charge in [-0.1, -0.05) is 0 Å². The van der Waals surface area contributed by atoms with E-state index < -0.39 is 0 Å². The van der Waals surface area contributed by atoms with Gasteiger partial charge in [0.05, 0.1) is 0 Å². The molecule has 1 aliphatic carbocycles. The third-order valence-electron chi connectivity index (χ3n) is 3.29. The number of hydrogen-bond acceptors (Lipinski definition) is 2. The van der Waals surface area contributed by atoms with Gasteiger partial charge in [0, 0.05) is 31.2 Å². The molecule has 1 saturated carbocycles. The summed E-state index contributed by atoms with van der Waals surface area (Å²) in [5.41, 5.74) is 0.321. The molecule has 2 nitrogen and oxygen atoms in total. The molecule has 1 atom stereocenters. The molecule has 0 bridgehead atoms. The van der Waals surface area contributed by atoms with Crippen LogP contribution in [-0.4, -0.2) is 36.1 Å². The van der Waals surface area contributed by atoms with Crippen molar-refractivity contribution in [3.8, 4) is 0 Å². The van der Waals surface area contributed by atoms with Crippen LogP contribution in [0.15, 0.2) is 0 Å². The van der Waals surface area contributed by atoms with Crippen LogP contribution in [0.5, 0.6) is 0 Å². The minimum atomic E-state index is 0.321. The average molecular weight is 182 g/mol. The number of rotatable bonds is 2. The van der Waals surface area contributed by atoms with E-state index in [0.29, 0.717) is 5.54 Å². The maximum atomic E-state index is 3.59. The van der Waals surface area contributed by atoms with Crippen LogP contribution in [0, 0.1) is 5.92 Å². The van der Waals surface area contributed by atoms with Crippen LogP contribution in [0.1, 0.15) is 33.6 Å². The molecule has 0 aromatic carbocycles. The standard InChI is InChI=1S/C11H22N2/c1-9-6-12-11(2,3)8-13(9)7-10-4-5-10/h9-10,12H,4-8H2,1-3H3. The molecule has 1 N–H and O–H groups in total. The number of nitrogens with one attached hydrogen (secondary N) is 1. The maximum absolute atomic E-state index is 3.59. The molecule has 2 rings (SSSR count). The van der Waals surface area contributed by atoms with Crippen molar-refractivity contribution in [3.63, 3.8) is 0 Å². The van der Waals surface area contributed by atoms with Crippen molar-refractivity contribution < 1.29 is 0 Å². The summed E-state index contributed by atoms with van der Waals surface area (Å²) in [7, 11) is 0. The van der Waals surface area contributed by atoms with Gasteiger partial charge >= 0.3 is 0 Å². The first kappa shape index (κ1) is 9.47. The van der Waals surface area contributed by atoms with E-state index in [1.807, 2.05) is 0 Å². The van der Waals surface area contributed by atoms with Crippen LogP contribution in [-0.2, 0) is 0 Å². The Hall–Kier alpha value is -0.0800. The van der Waals surface area contributed by atoms with E-state index in [1.54, 1.807) is 0 Å². The van der Waals surface area contributed by atoms with Gasteiger partial charge in [0.15, 0.2) is 0 Å². The fourth-order valence-corrected chi connectivity index (χ4v) is 2.15. The van der Waals surface area contributed by atoms with Crippen LogP contribution in [0.3, 0.4) is 0 Å². The lowest BCUT2D eigenvalue weighted by Gasteiger charge is -2.43. The van der Waals surface area contributed by atoms with E-state index in [9.17, 15) is 0 Å². The van der Waals surface area contributed by atoms with Gasteiger partial charge in [-0.15, -0.1) is 0 Å². The molecule has 2 fully saturated rings. The van der Waals surface area contributed by atoms with Gasteiger partial charge in [-0.2, -0.15) is 0 Å². The second-order valence-electron chi connectivity index (χ2n) is 5.49. The van der Waals surface area contributed by atoms with Crippen LogP contribution in [0.4, 0.5) is 0 Å². The van der Waals surface area contributed by atoms with Gasteiger partial charge < -0.3 is 5.32 Å². The number of hydrogen-bond donors (Lipinski definition) is 1. The second kappa shape index (κ2) is 3.25. The molecule has 1 unspecified atom stereocenters. The SMILES string of the molecule is CC1CNC(C)(C)CN1CC1CC1. The molecular formula is C11H22N2. The summed E-state index contributed by atoms with van der Waals surface area (Å²) in [6.07, 6.45) is 2.94. The van der Waals surface area contributed by atoms with Gasteiger partial charge in [0.1, 0.15) is 0 Å². The Morgan fingerprint density at radius 3 is 2.69 bits per heavy atom. The van der Waals surface area contributed by atoms with Crippen molar-refractivity contribution in [3.05, 3.63) is 0 Å². The molecule has 1 saturated heterocycles. The zero-order valence-electron chi connectivity index (χ0n) is 9.14. The van der Waals surface area contributed by atoms with E-state index in [4.69, 9.17) is 0 Å². The van der Waals surface area contributed by atoms with E-state index in [0.717, 1.165) is 18.5 Å². The minimum Gasteiger partial charge on any atom is -0.309 e. The molecule has 0 spiro atoms. The summed E-state index contributed by atoms with van der Waals surface area (Å²) < 4.78 is 0. The van der Waals surface area contributed by atoms with Crippen LogP contribution >= 0.6 is 0 Å². The summed E-state index contributed by atoms with van der Waals surface area (Å²) in [4.78, 5) is 2.66. The molecule has 0 amide bonds. The molecule has 13 heavy (non-hydrogen) atoms. The topological polar surface area (TPSA) is 15.3 Å². The predicted molar refractivity (Wildman–Crippen MR) is 55.8 cm³/mol. The first-order chi connectivity index (χ1) is 6.07. The van der Waals surface area contributed by atoms with Gasteiger partial charge in [-0.3, -0.25) is 4.90 Å². The molecular weight excluding hydrogens is 160 g/mol. The Morgan fingerprint density at radius 2 is 2.08 bits per heavy atom. The van der Waals surface area contributed by atoms with Gasteiger partial charge in [-0.25, -0.2) is 0 Å². The molecule has 0 aromatic heterocycles. The highest BCUT2D eigenvalue weighted by Crippen LogP contribution is 2.31. The Bertz CT molecular complexity index is 185. The summed E-state index contributed by atoms with van der Waals surface area (Å²) in [5, 5.41) is 3.59. The monoisotopic (exact) mass is 182 g/mol. The second-order valence-corrected chi connectivity index (χ2v) is 5.49. The van der Waals surface area contributed by atoms with Gasteiger partial charge in [0.25, 0.3) is 0 Å². The summed E-state index contributed by atoms with van der Waals surface area (Å²) in [6, 6.07) is 0.730. The minimum absolute atomic E-state index is 0.321. The maximum Gasteiger partial charge on any atom is 0.0252 e. The molecule has 2 aliphatic rings. The van der Waals surface area contributed by atoms with Crippen molar-refractivity contribution in [2.45, 2.75) is 45.2 Å². The lowest BCUT2D eigenvalue weighted by atomic mass is 9.99. The van der Waals surface area contributed by atoms with Crippen molar-refractivity contribution >= 4 is 0 Å². The van der Waals surface area contributed by atoms with Crippen molar-refractivity contribution in [1.29, 1.82) is 0 Å². The first-order valence-corrected chi connectivity index (χ1v) is 5.56. The van der Waals surface area contributed by atoms with E-state index in [-0.39, 0.29) is 0 Å². The Morgan fingerprint density at radius 1 is 1.38 bits per heavy atom. The Balaban J connectivity index is 1.90. The normalized spacial score (nSPS) is 34.8. The van der Waals surface area contributed by atoms with Crippen molar-refractivity contribution in [1.82, 2.24) is 10.2 Å². The number of nitrogens with zero attached hydrogens (tertiary/aromatic N) is 1. The van der Waals surface area contributed by atoms with E-state index in [2.05, 4.69) is 31.0 Å². The van der Waals surface area contributed by atoms with Crippen LogP contribution < -0.4 is 5.32 Å². The van der Waals surface area contributed by atoms with Gasteiger partial charge in [-0.05, 0) is 39.5 Å². The molecule has 0 radical (unpaired) electrons. The molecule has 76 valence electrons. The predicted octanol–water partition coefficient (Wildman–Crippen LogP) is 1.47. The quantitative estimate of drug-likeness (QED) is 0.695. The average Bonchev–Trinajstić information content (AvgIpc) is 2.80. The third kappa shape index (κ3) is 2.44. The first-order valence-electron chi connectivity index (χ1n) is 5.56. The van der Waals surface area contributed by atoms with Gasteiger partial charge in [0.2, 0.25) is 0 Å². The van der Waals surface area contributed by atoms with Crippen molar-refractivity contribution in [2.75, 3.05) is 19.6 Å². The van der Waals surface area contributed by atoms with E-state index >= 15 is 0 Å². The summed E-state index contributed by atoms with van der Waals surface area (Å²) in [6.45, 7) is 10.7. The highest BCUT2D eigenvalue weighted by Gasteiger charge is 2.33. The fraction of sp³-hybridized carbons (Fsp3) is 1.00. The van der Waals surface area contributed by atoms with Crippen LogP contribution in [0.25, 0.3) is 0 Å².